The molecule has 0 bridgehead atoms. The van der Waals surface area contributed by atoms with E-state index in [4.69, 9.17) is 11.6 Å². The summed E-state index contributed by atoms with van der Waals surface area (Å²) in [6.07, 6.45) is 0.589. The molecular weight excluding hydrogens is 424 g/mol. The lowest BCUT2D eigenvalue weighted by atomic mass is 10.1. The van der Waals surface area contributed by atoms with Gasteiger partial charge in [-0.25, -0.2) is 8.42 Å². The number of carbonyl (C=O) groups is 1. The molecule has 1 fully saturated rings. The summed E-state index contributed by atoms with van der Waals surface area (Å²) in [7, 11) is -3.84. The maximum absolute atomic E-state index is 13.0. The molecule has 3 aromatic carbocycles. The summed E-state index contributed by atoms with van der Waals surface area (Å²) in [6, 6.07) is 15.9. The largest absolute Gasteiger partial charge is 0.481 e. The minimum Gasteiger partial charge on any atom is -0.481 e. The van der Waals surface area contributed by atoms with E-state index in [0.29, 0.717) is 35.8 Å². The van der Waals surface area contributed by atoms with Crippen LogP contribution in [-0.4, -0.2) is 32.6 Å². The van der Waals surface area contributed by atoms with E-state index in [9.17, 15) is 18.3 Å². The zero-order valence-electron chi connectivity index (χ0n) is 16.3. The van der Waals surface area contributed by atoms with E-state index in [0.717, 1.165) is 16.5 Å². The van der Waals surface area contributed by atoms with Crippen LogP contribution in [0, 0.1) is 12.8 Å². The fourth-order valence-electron chi connectivity index (χ4n) is 3.91. The molecule has 2 N–H and O–H groups in total. The minimum atomic E-state index is -3.84. The Morgan fingerprint density at radius 3 is 2.53 bits per heavy atom. The average Bonchev–Trinajstić information content (AvgIpc) is 3.20. The van der Waals surface area contributed by atoms with Crippen LogP contribution in [0.5, 0.6) is 0 Å². The van der Waals surface area contributed by atoms with E-state index in [-0.39, 0.29) is 4.90 Å². The van der Waals surface area contributed by atoms with E-state index >= 15 is 0 Å². The number of benzene rings is 3. The van der Waals surface area contributed by atoms with Crippen LogP contribution in [0.3, 0.4) is 0 Å². The number of aliphatic carboxylic acids is 1. The number of fused-ring (bicyclic) bond motifs is 1. The topological polar surface area (TPSA) is 86.7 Å². The summed E-state index contributed by atoms with van der Waals surface area (Å²) in [5, 5.41) is 11.3. The molecule has 0 spiro atoms. The fraction of sp³-hybridized carbons (Fsp3) is 0.227. The van der Waals surface area contributed by atoms with Crippen LogP contribution in [0.4, 0.5) is 11.4 Å². The Labute approximate surface area is 180 Å². The number of hydrogen-bond donors (Lipinski definition) is 2. The Morgan fingerprint density at radius 2 is 1.83 bits per heavy atom. The Balaban J connectivity index is 1.73. The predicted octanol–water partition coefficient (Wildman–Crippen LogP) is 4.51. The van der Waals surface area contributed by atoms with Gasteiger partial charge in [-0.15, -0.1) is 0 Å². The Morgan fingerprint density at radius 1 is 1.10 bits per heavy atom. The van der Waals surface area contributed by atoms with Crippen molar-refractivity contribution in [1.29, 1.82) is 0 Å². The van der Waals surface area contributed by atoms with Gasteiger partial charge < -0.3 is 10.0 Å². The van der Waals surface area contributed by atoms with Crippen molar-refractivity contribution >= 4 is 49.7 Å². The normalized spacial score (nSPS) is 16.7. The smallest absolute Gasteiger partial charge is 0.308 e. The number of rotatable bonds is 5. The lowest BCUT2D eigenvalue weighted by Crippen LogP contribution is -2.23. The zero-order chi connectivity index (χ0) is 21.5. The third kappa shape index (κ3) is 3.70. The van der Waals surface area contributed by atoms with Gasteiger partial charge in [0.25, 0.3) is 10.0 Å². The van der Waals surface area contributed by atoms with Crippen LogP contribution in [-0.2, 0) is 14.8 Å². The molecule has 156 valence electrons. The highest BCUT2D eigenvalue weighted by atomic mass is 35.5. The molecule has 3 aromatic rings. The van der Waals surface area contributed by atoms with Crippen LogP contribution >= 0.6 is 11.6 Å². The van der Waals surface area contributed by atoms with E-state index < -0.39 is 21.9 Å². The second kappa shape index (κ2) is 7.81. The molecule has 1 heterocycles. The molecule has 30 heavy (non-hydrogen) atoms. The van der Waals surface area contributed by atoms with E-state index in [1.54, 1.807) is 25.1 Å². The third-order valence-corrected chi connectivity index (χ3v) is 7.45. The number of nitrogens with one attached hydrogen (secondary N) is 1. The number of anilines is 2. The lowest BCUT2D eigenvalue weighted by Gasteiger charge is -2.22. The molecule has 6 nitrogen and oxygen atoms in total. The van der Waals surface area contributed by atoms with Crippen LogP contribution in [0.1, 0.15) is 12.0 Å². The van der Waals surface area contributed by atoms with Gasteiger partial charge in [-0.2, -0.15) is 0 Å². The highest BCUT2D eigenvalue weighted by Gasteiger charge is 2.29. The van der Waals surface area contributed by atoms with Crippen molar-refractivity contribution in [2.24, 2.45) is 5.92 Å². The molecular formula is C22H21ClN2O4S. The molecule has 1 saturated heterocycles. The summed E-state index contributed by atoms with van der Waals surface area (Å²) >= 11 is 6.11. The van der Waals surface area contributed by atoms with Crippen LogP contribution in [0.2, 0.25) is 5.02 Å². The van der Waals surface area contributed by atoms with E-state index in [1.165, 1.54) is 6.07 Å². The van der Waals surface area contributed by atoms with Gasteiger partial charge in [0.1, 0.15) is 0 Å². The fourth-order valence-corrected chi connectivity index (χ4v) is 5.49. The molecule has 1 aliphatic rings. The molecule has 0 amide bonds. The van der Waals surface area contributed by atoms with Crippen LogP contribution < -0.4 is 9.62 Å². The first-order chi connectivity index (χ1) is 14.3. The molecule has 8 heteroatoms. The van der Waals surface area contributed by atoms with Gasteiger partial charge in [-0.1, -0.05) is 41.9 Å². The monoisotopic (exact) mass is 444 g/mol. The summed E-state index contributed by atoms with van der Waals surface area (Å²) in [4.78, 5) is 13.5. The molecule has 0 radical (unpaired) electrons. The Kier molecular flexibility index (Phi) is 5.34. The highest BCUT2D eigenvalue weighted by molar-refractivity contribution is 7.92. The van der Waals surface area contributed by atoms with Gasteiger partial charge in [0.15, 0.2) is 0 Å². The summed E-state index contributed by atoms with van der Waals surface area (Å²) < 4.78 is 28.8. The first kappa shape index (κ1) is 20.5. The van der Waals surface area contributed by atoms with Crippen molar-refractivity contribution in [3.05, 3.63) is 65.2 Å². The van der Waals surface area contributed by atoms with Crippen molar-refractivity contribution in [3.8, 4) is 0 Å². The maximum Gasteiger partial charge on any atom is 0.308 e. The third-order valence-electron chi connectivity index (χ3n) is 5.53. The summed E-state index contributed by atoms with van der Waals surface area (Å²) in [5.41, 5.74) is 1.85. The van der Waals surface area contributed by atoms with Gasteiger partial charge in [-0.05, 0) is 43.2 Å². The van der Waals surface area contributed by atoms with Gasteiger partial charge in [0.2, 0.25) is 0 Å². The first-order valence-electron chi connectivity index (χ1n) is 9.55. The molecule has 0 aliphatic carbocycles. The molecule has 4 rings (SSSR count). The van der Waals surface area contributed by atoms with Gasteiger partial charge >= 0.3 is 5.97 Å². The minimum absolute atomic E-state index is 0.131. The van der Waals surface area contributed by atoms with Gasteiger partial charge in [0.05, 0.1) is 16.5 Å². The number of nitrogens with zero attached hydrogens (tertiary/aromatic N) is 1. The zero-order valence-corrected chi connectivity index (χ0v) is 17.9. The van der Waals surface area contributed by atoms with Gasteiger partial charge in [0, 0.05) is 34.6 Å². The standard InChI is InChI=1S/C22H21ClN2O4S/c1-14-18(23)7-4-8-21(14)30(28,29)24-19-9-10-20(17-6-3-2-5-16(17)19)25-12-11-15(13-25)22(26)27/h2-10,15,24H,11-13H2,1H3,(H,26,27). The SMILES string of the molecule is Cc1c(Cl)cccc1S(=O)(=O)Nc1ccc(N2CCC(C(=O)O)C2)c2ccccc12. The number of carboxylic acid groups (broad SMARTS) is 1. The highest BCUT2D eigenvalue weighted by Crippen LogP contribution is 2.36. The lowest BCUT2D eigenvalue weighted by molar-refractivity contribution is -0.140. The van der Waals surface area contributed by atoms with Crippen LogP contribution in [0.25, 0.3) is 10.8 Å². The molecule has 1 unspecified atom stereocenters. The second-order valence-electron chi connectivity index (χ2n) is 7.42. The maximum atomic E-state index is 13.0. The molecule has 1 aliphatic heterocycles. The number of sulfonamides is 1. The Bertz CT molecular complexity index is 1240. The summed E-state index contributed by atoms with van der Waals surface area (Å²) in [6.45, 7) is 2.75. The molecule has 1 atom stereocenters. The van der Waals surface area contributed by atoms with Crippen molar-refractivity contribution in [2.75, 3.05) is 22.7 Å². The van der Waals surface area contributed by atoms with Crippen molar-refractivity contribution in [1.82, 2.24) is 0 Å². The van der Waals surface area contributed by atoms with Crippen molar-refractivity contribution < 1.29 is 18.3 Å². The number of carboxylic acids is 1. The predicted molar refractivity (Wildman–Crippen MR) is 119 cm³/mol. The molecule has 0 saturated carbocycles. The quantitative estimate of drug-likeness (QED) is 0.604. The first-order valence-corrected chi connectivity index (χ1v) is 11.4. The van der Waals surface area contributed by atoms with Crippen molar-refractivity contribution in [3.63, 3.8) is 0 Å². The molecule has 0 aromatic heterocycles. The van der Waals surface area contributed by atoms with E-state index in [1.807, 2.05) is 35.2 Å². The van der Waals surface area contributed by atoms with Crippen LogP contribution in [0.15, 0.2) is 59.5 Å². The number of halogens is 1. The second-order valence-corrected chi connectivity index (χ2v) is 9.47. The number of hydrogen-bond acceptors (Lipinski definition) is 4. The van der Waals surface area contributed by atoms with Crippen molar-refractivity contribution in [2.45, 2.75) is 18.2 Å². The van der Waals surface area contributed by atoms with Gasteiger partial charge in [-0.3, -0.25) is 9.52 Å². The summed E-state index contributed by atoms with van der Waals surface area (Å²) in [5.74, 6) is -1.18. The average molecular weight is 445 g/mol. The Hall–Kier alpha value is -2.77. The van der Waals surface area contributed by atoms with E-state index in [2.05, 4.69) is 4.72 Å².